The van der Waals surface area contributed by atoms with E-state index in [1.54, 1.807) is 0 Å². The summed E-state index contributed by atoms with van der Waals surface area (Å²) in [4.78, 5) is 30.8. The standard InChI is InChI=1S/C20H32N4O2/c1-5-23(6-2)19(25)15-22-10-7-11-24(13-12-22)20(26)21-18-14-16(3)8-9-17(18)4/h8-9,14H,5-7,10-13,15H2,1-4H3,(H,21,26). The van der Waals surface area contributed by atoms with Crippen LogP contribution in [0.5, 0.6) is 0 Å². The first-order valence-corrected chi connectivity index (χ1v) is 9.57. The minimum absolute atomic E-state index is 0.0596. The number of anilines is 1. The summed E-state index contributed by atoms with van der Waals surface area (Å²) in [6.07, 6.45) is 0.881. The molecule has 3 amide bonds. The molecule has 26 heavy (non-hydrogen) atoms. The van der Waals surface area contributed by atoms with Crippen molar-refractivity contribution in [3.63, 3.8) is 0 Å². The lowest BCUT2D eigenvalue weighted by Crippen LogP contribution is -2.42. The lowest BCUT2D eigenvalue weighted by Gasteiger charge is -2.25. The Morgan fingerprint density at radius 1 is 1.08 bits per heavy atom. The Balaban J connectivity index is 1.90. The smallest absolute Gasteiger partial charge is 0.321 e. The van der Waals surface area contributed by atoms with E-state index in [1.807, 2.05) is 55.7 Å². The number of aryl methyl sites for hydroxylation is 2. The largest absolute Gasteiger partial charge is 0.342 e. The summed E-state index contributed by atoms with van der Waals surface area (Å²) in [5.74, 6) is 0.170. The van der Waals surface area contributed by atoms with Crippen LogP contribution in [-0.2, 0) is 4.79 Å². The summed E-state index contributed by atoms with van der Waals surface area (Å²) in [6.45, 7) is 12.9. The van der Waals surface area contributed by atoms with Crippen LogP contribution in [0, 0.1) is 13.8 Å². The molecular formula is C20H32N4O2. The number of benzene rings is 1. The van der Waals surface area contributed by atoms with Gasteiger partial charge in [-0.15, -0.1) is 0 Å². The highest BCUT2D eigenvalue weighted by atomic mass is 16.2. The Morgan fingerprint density at radius 2 is 1.81 bits per heavy atom. The van der Waals surface area contributed by atoms with Crippen LogP contribution >= 0.6 is 0 Å². The fourth-order valence-electron chi connectivity index (χ4n) is 3.26. The average Bonchev–Trinajstić information content (AvgIpc) is 2.85. The van der Waals surface area contributed by atoms with Gasteiger partial charge in [-0.25, -0.2) is 4.79 Å². The average molecular weight is 361 g/mol. The molecule has 1 aromatic carbocycles. The number of urea groups is 1. The first-order chi connectivity index (χ1) is 12.4. The molecule has 1 saturated heterocycles. The van der Waals surface area contributed by atoms with Crippen LogP contribution in [0.2, 0.25) is 0 Å². The van der Waals surface area contributed by atoms with Crippen molar-refractivity contribution >= 4 is 17.6 Å². The fraction of sp³-hybridized carbons (Fsp3) is 0.600. The third kappa shape index (κ3) is 5.46. The van der Waals surface area contributed by atoms with Crippen molar-refractivity contribution in [2.24, 2.45) is 0 Å². The highest BCUT2D eigenvalue weighted by Crippen LogP contribution is 2.17. The fourth-order valence-corrected chi connectivity index (χ4v) is 3.26. The molecule has 1 aliphatic rings. The lowest BCUT2D eigenvalue weighted by molar-refractivity contribution is -0.132. The van der Waals surface area contributed by atoms with Gasteiger partial charge in [-0.2, -0.15) is 0 Å². The quantitative estimate of drug-likeness (QED) is 0.878. The van der Waals surface area contributed by atoms with E-state index in [9.17, 15) is 9.59 Å². The minimum Gasteiger partial charge on any atom is -0.342 e. The van der Waals surface area contributed by atoms with Gasteiger partial charge in [0.1, 0.15) is 0 Å². The van der Waals surface area contributed by atoms with Gasteiger partial charge in [0.25, 0.3) is 0 Å². The number of nitrogens with zero attached hydrogens (tertiary/aromatic N) is 3. The van der Waals surface area contributed by atoms with E-state index in [-0.39, 0.29) is 11.9 Å². The maximum Gasteiger partial charge on any atom is 0.321 e. The Hall–Kier alpha value is -2.08. The Kier molecular flexibility index (Phi) is 7.45. The molecule has 144 valence electrons. The maximum absolute atomic E-state index is 12.6. The topological polar surface area (TPSA) is 55.9 Å². The van der Waals surface area contributed by atoms with E-state index < -0.39 is 0 Å². The molecule has 6 heteroatoms. The molecule has 1 fully saturated rings. The van der Waals surface area contributed by atoms with E-state index in [0.29, 0.717) is 19.6 Å². The number of rotatable bonds is 5. The zero-order valence-electron chi connectivity index (χ0n) is 16.5. The molecule has 0 aliphatic carbocycles. The van der Waals surface area contributed by atoms with Crippen LogP contribution in [-0.4, -0.2) is 72.5 Å². The highest BCUT2D eigenvalue weighted by molar-refractivity contribution is 5.90. The van der Waals surface area contributed by atoms with E-state index in [1.165, 1.54) is 0 Å². The first-order valence-electron chi connectivity index (χ1n) is 9.57. The van der Waals surface area contributed by atoms with Gasteiger partial charge in [0.15, 0.2) is 0 Å². The van der Waals surface area contributed by atoms with Crippen molar-refractivity contribution in [3.8, 4) is 0 Å². The molecule has 1 aromatic rings. The van der Waals surface area contributed by atoms with Crippen molar-refractivity contribution in [3.05, 3.63) is 29.3 Å². The van der Waals surface area contributed by atoms with Crippen molar-refractivity contribution in [1.82, 2.24) is 14.7 Å². The van der Waals surface area contributed by atoms with Gasteiger partial charge in [-0.3, -0.25) is 9.69 Å². The lowest BCUT2D eigenvalue weighted by atomic mass is 10.1. The predicted molar refractivity (Wildman–Crippen MR) is 105 cm³/mol. The number of amides is 3. The van der Waals surface area contributed by atoms with Gasteiger partial charge >= 0.3 is 6.03 Å². The third-order valence-electron chi connectivity index (χ3n) is 4.99. The maximum atomic E-state index is 12.6. The summed E-state index contributed by atoms with van der Waals surface area (Å²) >= 11 is 0. The van der Waals surface area contributed by atoms with Gasteiger partial charge in [0.05, 0.1) is 6.54 Å². The van der Waals surface area contributed by atoms with Crippen LogP contribution in [0.1, 0.15) is 31.4 Å². The molecule has 1 heterocycles. The molecule has 0 spiro atoms. The number of carbonyl (C=O) groups excluding carboxylic acids is 2. The molecule has 0 bridgehead atoms. The number of carbonyl (C=O) groups is 2. The van der Waals surface area contributed by atoms with E-state index >= 15 is 0 Å². The Labute approximate surface area is 157 Å². The van der Waals surface area contributed by atoms with Gasteiger partial charge in [0.2, 0.25) is 5.91 Å². The molecule has 0 unspecified atom stereocenters. The SMILES string of the molecule is CCN(CC)C(=O)CN1CCCN(C(=O)Nc2cc(C)ccc2C)CC1. The van der Waals surface area contributed by atoms with E-state index in [2.05, 4.69) is 10.2 Å². The Morgan fingerprint density at radius 3 is 2.50 bits per heavy atom. The molecule has 2 rings (SSSR count). The van der Waals surface area contributed by atoms with Crippen LogP contribution in [0.15, 0.2) is 18.2 Å². The van der Waals surface area contributed by atoms with Crippen molar-refractivity contribution < 1.29 is 9.59 Å². The molecule has 6 nitrogen and oxygen atoms in total. The van der Waals surface area contributed by atoms with Crippen molar-refractivity contribution in [2.75, 3.05) is 51.1 Å². The monoisotopic (exact) mass is 360 g/mol. The van der Waals surface area contributed by atoms with Crippen molar-refractivity contribution in [1.29, 1.82) is 0 Å². The van der Waals surface area contributed by atoms with Crippen LogP contribution in [0.4, 0.5) is 10.5 Å². The summed E-state index contributed by atoms with van der Waals surface area (Å²) < 4.78 is 0. The predicted octanol–water partition coefficient (Wildman–Crippen LogP) is 2.71. The summed E-state index contributed by atoms with van der Waals surface area (Å²) in [7, 11) is 0. The Bertz CT molecular complexity index is 628. The minimum atomic E-state index is -0.0596. The van der Waals surface area contributed by atoms with Gasteiger partial charge in [-0.05, 0) is 51.3 Å². The van der Waals surface area contributed by atoms with E-state index in [0.717, 1.165) is 49.4 Å². The molecule has 1 N–H and O–H groups in total. The van der Waals surface area contributed by atoms with Gasteiger partial charge in [-0.1, -0.05) is 12.1 Å². The second-order valence-electron chi connectivity index (χ2n) is 6.93. The van der Waals surface area contributed by atoms with Gasteiger partial charge < -0.3 is 15.1 Å². The zero-order valence-corrected chi connectivity index (χ0v) is 16.5. The molecule has 0 atom stereocenters. The second-order valence-corrected chi connectivity index (χ2v) is 6.93. The molecule has 0 radical (unpaired) electrons. The van der Waals surface area contributed by atoms with Crippen LogP contribution < -0.4 is 5.32 Å². The number of hydrogen-bond acceptors (Lipinski definition) is 3. The first kappa shape index (κ1) is 20.2. The third-order valence-corrected chi connectivity index (χ3v) is 4.99. The molecule has 0 aromatic heterocycles. The second kappa shape index (κ2) is 9.57. The normalized spacial score (nSPS) is 15.5. The summed E-state index contributed by atoms with van der Waals surface area (Å²) in [5, 5.41) is 3.03. The summed E-state index contributed by atoms with van der Waals surface area (Å²) in [5.41, 5.74) is 3.06. The number of hydrogen-bond donors (Lipinski definition) is 1. The van der Waals surface area contributed by atoms with Crippen molar-refractivity contribution in [2.45, 2.75) is 34.1 Å². The number of nitrogens with one attached hydrogen (secondary N) is 1. The highest BCUT2D eigenvalue weighted by Gasteiger charge is 2.22. The molecule has 0 saturated carbocycles. The van der Waals surface area contributed by atoms with E-state index in [4.69, 9.17) is 0 Å². The van der Waals surface area contributed by atoms with Gasteiger partial charge in [0, 0.05) is 45.0 Å². The van der Waals surface area contributed by atoms with Crippen LogP contribution in [0.3, 0.4) is 0 Å². The zero-order chi connectivity index (χ0) is 19.1. The molecule has 1 aliphatic heterocycles. The summed E-state index contributed by atoms with van der Waals surface area (Å²) in [6, 6.07) is 6.01. The number of likely N-dealkylation sites (N-methyl/N-ethyl adjacent to an activating group) is 1. The van der Waals surface area contributed by atoms with Crippen LogP contribution in [0.25, 0.3) is 0 Å². The molecular weight excluding hydrogens is 328 g/mol.